The zero-order chi connectivity index (χ0) is 11.8. The SMILES string of the molecule is O=Cc1cnc2oc3ccccc3c(=O)c2c1. The molecule has 0 saturated heterocycles. The van der Waals surface area contributed by atoms with Crippen molar-refractivity contribution in [2.24, 2.45) is 0 Å². The fourth-order valence-corrected chi connectivity index (χ4v) is 1.77. The van der Waals surface area contributed by atoms with Gasteiger partial charge in [0, 0.05) is 11.8 Å². The van der Waals surface area contributed by atoms with Gasteiger partial charge in [-0.2, -0.15) is 0 Å². The maximum atomic E-state index is 12.1. The van der Waals surface area contributed by atoms with Crippen LogP contribution in [0, 0.1) is 0 Å². The summed E-state index contributed by atoms with van der Waals surface area (Å²) in [6, 6.07) is 8.45. The molecule has 17 heavy (non-hydrogen) atoms. The minimum atomic E-state index is -0.168. The van der Waals surface area contributed by atoms with Gasteiger partial charge in [0.1, 0.15) is 5.58 Å². The van der Waals surface area contributed by atoms with Gasteiger partial charge in [-0.05, 0) is 18.2 Å². The van der Waals surface area contributed by atoms with Crippen LogP contribution >= 0.6 is 0 Å². The molecular weight excluding hydrogens is 218 g/mol. The Kier molecular flexibility index (Phi) is 2.01. The van der Waals surface area contributed by atoms with Crippen molar-refractivity contribution in [1.29, 1.82) is 0 Å². The number of rotatable bonds is 1. The lowest BCUT2D eigenvalue weighted by atomic mass is 10.1. The van der Waals surface area contributed by atoms with Crippen LogP contribution in [0.15, 0.2) is 45.7 Å². The Labute approximate surface area is 95.5 Å². The molecule has 0 spiro atoms. The Bertz CT molecular complexity index is 789. The smallest absolute Gasteiger partial charge is 0.230 e. The van der Waals surface area contributed by atoms with Gasteiger partial charge in [-0.15, -0.1) is 0 Å². The maximum absolute atomic E-state index is 12.1. The number of carbonyl (C=O) groups is 1. The Morgan fingerprint density at radius 1 is 1.18 bits per heavy atom. The van der Waals surface area contributed by atoms with Crippen LogP contribution in [0.4, 0.5) is 0 Å². The van der Waals surface area contributed by atoms with E-state index >= 15 is 0 Å². The molecule has 0 aliphatic carbocycles. The molecule has 2 aromatic heterocycles. The van der Waals surface area contributed by atoms with Crippen LogP contribution in [0.25, 0.3) is 22.1 Å². The Balaban J connectivity index is 2.55. The van der Waals surface area contributed by atoms with E-state index < -0.39 is 0 Å². The van der Waals surface area contributed by atoms with Crippen LogP contribution in [0.3, 0.4) is 0 Å². The molecule has 0 N–H and O–H groups in total. The van der Waals surface area contributed by atoms with Gasteiger partial charge in [0.2, 0.25) is 11.1 Å². The van der Waals surface area contributed by atoms with Gasteiger partial charge in [0.15, 0.2) is 6.29 Å². The minimum absolute atomic E-state index is 0.168. The predicted octanol–water partition coefficient (Wildman–Crippen LogP) is 2.15. The van der Waals surface area contributed by atoms with Crippen molar-refractivity contribution < 1.29 is 9.21 Å². The number of fused-ring (bicyclic) bond motifs is 2. The van der Waals surface area contributed by atoms with Crippen LogP contribution < -0.4 is 5.43 Å². The number of pyridine rings is 1. The molecule has 0 saturated carbocycles. The number of hydrogen-bond donors (Lipinski definition) is 0. The third-order valence-corrected chi connectivity index (χ3v) is 2.59. The largest absolute Gasteiger partial charge is 0.437 e. The lowest BCUT2D eigenvalue weighted by Crippen LogP contribution is -2.03. The van der Waals surface area contributed by atoms with Gasteiger partial charge in [-0.3, -0.25) is 9.59 Å². The molecule has 3 rings (SSSR count). The second-order valence-electron chi connectivity index (χ2n) is 3.67. The van der Waals surface area contributed by atoms with E-state index in [0.717, 1.165) is 0 Å². The van der Waals surface area contributed by atoms with Gasteiger partial charge in [-0.25, -0.2) is 4.98 Å². The summed E-state index contributed by atoms with van der Waals surface area (Å²) in [5.74, 6) is 0. The number of hydrogen-bond acceptors (Lipinski definition) is 4. The average molecular weight is 225 g/mol. The van der Waals surface area contributed by atoms with Crippen molar-refractivity contribution in [3.05, 3.63) is 52.3 Å². The van der Waals surface area contributed by atoms with Crippen LogP contribution in [0.2, 0.25) is 0 Å². The first-order valence-corrected chi connectivity index (χ1v) is 5.06. The minimum Gasteiger partial charge on any atom is -0.437 e. The van der Waals surface area contributed by atoms with Crippen molar-refractivity contribution in [2.75, 3.05) is 0 Å². The number of nitrogens with zero attached hydrogens (tertiary/aromatic N) is 1. The van der Waals surface area contributed by atoms with E-state index in [-0.39, 0.29) is 11.1 Å². The molecule has 0 aliphatic rings. The first-order valence-electron chi connectivity index (χ1n) is 5.06. The van der Waals surface area contributed by atoms with Crippen LogP contribution in [-0.4, -0.2) is 11.3 Å². The Morgan fingerprint density at radius 3 is 2.82 bits per heavy atom. The molecule has 0 radical (unpaired) electrons. The van der Waals surface area contributed by atoms with Crippen LogP contribution in [0.1, 0.15) is 10.4 Å². The second kappa shape index (κ2) is 3.52. The average Bonchev–Trinajstić information content (AvgIpc) is 2.39. The zero-order valence-corrected chi connectivity index (χ0v) is 8.71. The van der Waals surface area contributed by atoms with Gasteiger partial charge in [0.25, 0.3) is 0 Å². The molecule has 0 amide bonds. The third kappa shape index (κ3) is 1.42. The quantitative estimate of drug-likeness (QED) is 0.470. The van der Waals surface area contributed by atoms with E-state index in [1.807, 2.05) is 0 Å². The zero-order valence-electron chi connectivity index (χ0n) is 8.71. The number of benzene rings is 1. The number of aldehydes is 1. The second-order valence-corrected chi connectivity index (χ2v) is 3.67. The number of aromatic nitrogens is 1. The summed E-state index contributed by atoms with van der Waals surface area (Å²) in [4.78, 5) is 26.8. The van der Waals surface area contributed by atoms with Gasteiger partial charge in [-0.1, -0.05) is 12.1 Å². The van der Waals surface area contributed by atoms with E-state index in [1.165, 1.54) is 12.3 Å². The van der Waals surface area contributed by atoms with Crippen molar-refractivity contribution in [1.82, 2.24) is 4.98 Å². The van der Waals surface area contributed by atoms with Crippen molar-refractivity contribution >= 4 is 28.4 Å². The van der Waals surface area contributed by atoms with E-state index in [2.05, 4.69) is 4.98 Å². The molecule has 4 heteroatoms. The van der Waals surface area contributed by atoms with Crippen molar-refractivity contribution in [3.8, 4) is 0 Å². The van der Waals surface area contributed by atoms with Crippen molar-refractivity contribution in [3.63, 3.8) is 0 Å². The monoisotopic (exact) mass is 225 g/mol. The predicted molar refractivity (Wildman–Crippen MR) is 63.2 cm³/mol. The molecule has 0 bridgehead atoms. The molecule has 1 aromatic carbocycles. The summed E-state index contributed by atoms with van der Waals surface area (Å²) in [5.41, 5.74) is 0.939. The van der Waals surface area contributed by atoms with E-state index in [0.29, 0.717) is 28.2 Å². The van der Waals surface area contributed by atoms with Crippen LogP contribution in [-0.2, 0) is 0 Å². The summed E-state index contributed by atoms with van der Waals surface area (Å²) in [7, 11) is 0. The standard InChI is InChI=1S/C13H7NO3/c15-7-8-5-10-12(16)9-3-1-2-4-11(9)17-13(10)14-6-8/h1-7H. The molecule has 0 unspecified atom stereocenters. The highest BCUT2D eigenvalue weighted by molar-refractivity contribution is 5.90. The molecule has 2 heterocycles. The van der Waals surface area contributed by atoms with E-state index in [1.54, 1.807) is 24.3 Å². The summed E-state index contributed by atoms with van der Waals surface area (Å²) in [6.45, 7) is 0. The van der Waals surface area contributed by atoms with Gasteiger partial charge >= 0.3 is 0 Å². The summed E-state index contributed by atoms with van der Waals surface area (Å²) < 4.78 is 5.50. The molecule has 3 aromatic rings. The fraction of sp³-hybridized carbons (Fsp3) is 0. The van der Waals surface area contributed by atoms with Gasteiger partial charge in [0.05, 0.1) is 10.8 Å². The first kappa shape index (κ1) is 9.72. The molecular formula is C13H7NO3. The van der Waals surface area contributed by atoms with Crippen molar-refractivity contribution in [2.45, 2.75) is 0 Å². The fourth-order valence-electron chi connectivity index (χ4n) is 1.77. The highest BCUT2D eigenvalue weighted by Crippen LogP contribution is 2.16. The molecule has 4 nitrogen and oxygen atoms in total. The topological polar surface area (TPSA) is 60.2 Å². The normalized spacial score (nSPS) is 10.8. The summed E-state index contributed by atoms with van der Waals surface area (Å²) >= 11 is 0. The third-order valence-electron chi connectivity index (χ3n) is 2.59. The Hall–Kier alpha value is -2.49. The van der Waals surface area contributed by atoms with E-state index in [4.69, 9.17) is 4.42 Å². The number of carbonyl (C=O) groups excluding carboxylic acids is 1. The van der Waals surface area contributed by atoms with E-state index in [9.17, 15) is 9.59 Å². The van der Waals surface area contributed by atoms with Gasteiger partial charge < -0.3 is 4.42 Å². The highest BCUT2D eigenvalue weighted by Gasteiger charge is 2.08. The summed E-state index contributed by atoms with van der Waals surface area (Å²) in [6.07, 6.45) is 2.04. The highest BCUT2D eigenvalue weighted by atomic mass is 16.3. The molecule has 0 atom stereocenters. The lowest BCUT2D eigenvalue weighted by Gasteiger charge is -2.00. The molecule has 0 aliphatic heterocycles. The molecule has 82 valence electrons. The molecule has 0 fully saturated rings. The van der Waals surface area contributed by atoms with Crippen LogP contribution in [0.5, 0.6) is 0 Å². The number of para-hydroxylation sites is 1. The first-order chi connectivity index (χ1) is 8.29. The summed E-state index contributed by atoms with van der Waals surface area (Å²) in [5, 5.41) is 0.818. The Morgan fingerprint density at radius 2 is 2.00 bits per heavy atom. The lowest BCUT2D eigenvalue weighted by molar-refractivity contribution is 0.112. The maximum Gasteiger partial charge on any atom is 0.230 e.